The van der Waals surface area contributed by atoms with E-state index < -0.39 is 30.0 Å². The van der Waals surface area contributed by atoms with Gasteiger partial charge in [-0.1, -0.05) is 20.8 Å². The predicted molar refractivity (Wildman–Crippen MR) is 95.5 cm³/mol. The predicted octanol–water partition coefficient (Wildman–Crippen LogP) is 3.49. The molecule has 27 heavy (non-hydrogen) atoms. The summed E-state index contributed by atoms with van der Waals surface area (Å²) < 4.78 is 43.9. The van der Waals surface area contributed by atoms with Crippen LogP contribution in [0.25, 0.3) is 0 Å². The van der Waals surface area contributed by atoms with Gasteiger partial charge in [0.2, 0.25) is 11.8 Å². The first kappa shape index (κ1) is 21.1. The van der Waals surface area contributed by atoms with Crippen LogP contribution in [0.4, 0.5) is 18.9 Å². The summed E-state index contributed by atoms with van der Waals surface area (Å²) in [6.45, 7) is 4.05. The molecule has 0 radical (unpaired) electrons. The van der Waals surface area contributed by atoms with E-state index in [2.05, 4.69) is 0 Å². The number of alkyl halides is 3. The highest BCUT2D eigenvalue weighted by Crippen LogP contribution is 2.30. The Hall–Kier alpha value is -2.25. The summed E-state index contributed by atoms with van der Waals surface area (Å²) in [5, 5.41) is 0. The summed E-state index contributed by atoms with van der Waals surface area (Å²) in [5.74, 6) is -1.07. The van der Waals surface area contributed by atoms with Gasteiger partial charge in [-0.3, -0.25) is 9.59 Å². The zero-order chi connectivity index (χ0) is 20.4. The molecule has 2 rings (SSSR count). The molecule has 150 valence electrons. The van der Waals surface area contributed by atoms with Gasteiger partial charge < -0.3 is 14.5 Å². The van der Waals surface area contributed by atoms with Crippen molar-refractivity contribution in [2.45, 2.75) is 33.4 Å². The molecule has 1 heterocycles. The molecule has 0 aromatic heterocycles. The number of nitrogens with zero attached hydrogens (tertiary/aromatic N) is 2. The number of hydrogen-bond donors (Lipinski definition) is 0. The van der Waals surface area contributed by atoms with E-state index >= 15 is 0 Å². The standard InChI is InChI=1S/C19H25F3N2O3/c1-18(2,3)11-23(12-19(20,21)22)17(26)13-9-16(25)24(10-13)14-5-7-15(27-4)8-6-14/h5-8,13H,9-12H2,1-4H3. The van der Waals surface area contributed by atoms with Crippen LogP contribution in [0.1, 0.15) is 27.2 Å². The maximum Gasteiger partial charge on any atom is 0.406 e. The zero-order valence-electron chi connectivity index (χ0n) is 16.0. The second kappa shape index (κ2) is 7.78. The number of rotatable bonds is 5. The van der Waals surface area contributed by atoms with Gasteiger partial charge in [-0.05, 0) is 29.7 Å². The van der Waals surface area contributed by atoms with Gasteiger partial charge in [-0.2, -0.15) is 13.2 Å². The van der Waals surface area contributed by atoms with E-state index in [1.165, 1.54) is 12.0 Å². The highest BCUT2D eigenvalue weighted by molar-refractivity contribution is 6.00. The van der Waals surface area contributed by atoms with Gasteiger partial charge in [0.25, 0.3) is 0 Å². The van der Waals surface area contributed by atoms with Crippen molar-refractivity contribution in [3.63, 3.8) is 0 Å². The Kier molecular flexibility index (Phi) is 6.07. The summed E-state index contributed by atoms with van der Waals surface area (Å²) in [6, 6.07) is 6.75. The molecule has 1 aliphatic rings. The van der Waals surface area contributed by atoms with Crippen LogP contribution < -0.4 is 9.64 Å². The molecule has 2 amide bonds. The van der Waals surface area contributed by atoms with Gasteiger partial charge in [0.15, 0.2) is 0 Å². The minimum absolute atomic E-state index is 0.0292. The number of ether oxygens (including phenoxy) is 1. The number of carbonyl (C=O) groups is 2. The fraction of sp³-hybridized carbons (Fsp3) is 0.579. The van der Waals surface area contributed by atoms with E-state index in [1.807, 2.05) is 0 Å². The van der Waals surface area contributed by atoms with Gasteiger partial charge in [-0.25, -0.2) is 0 Å². The van der Waals surface area contributed by atoms with Gasteiger partial charge in [0, 0.05) is 25.2 Å². The minimum Gasteiger partial charge on any atom is -0.497 e. The largest absolute Gasteiger partial charge is 0.497 e. The van der Waals surface area contributed by atoms with Crippen molar-refractivity contribution in [2.75, 3.05) is 31.6 Å². The van der Waals surface area contributed by atoms with Crippen molar-refractivity contribution >= 4 is 17.5 Å². The molecule has 1 unspecified atom stereocenters. The Balaban J connectivity index is 2.15. The number of amides is 2. The zero-order valence-corrected chi connectivity index (χ0v) is 16.0. The quantitative estimate of drug-likeness (QED) is 0.779. The molecule has 1 aromatic rings. The van der Waals surface area contributed by atoms with Crippen LogP contribution in [-0.2, 0) is 9.59 Å². The van der Waals surface area contributed by atoms with E-state index in [-0.39, 0.29) is 25.4 Å². The summed E-state index contributed by atoms with van der Waals surface area (Å²) in [4.78, 5) is 27.4. The lowest BCUT2D eigenvalue weighted by Gasteiger charge is -2.32. The van der Waals surface area contributed by atoms with Crippen molar-refractivity contribution in [2.24, 2.45) is 11.3 Å². The molecule has 5 nitrogen and oxygen atoms in total. The maximum atomic E-state index is 12.9. The molecule has 0 saturated carbocycles. The third-order valence-corrected chi connectivity index (χ3v) is 4.21. The summed E-state index contributed by atoms with van der Waals surface area (Å²) in [7, 11) is 1.52. The molecule has 0 bridgehead atoms. The van der Waals surface area contributed by atoms with E-state index in [4.69, 9.17) is 4.74 Å². The molecular weight excluding hydrogens is 361 g/mol. The topological polar surface area (TPSA) is 49.9 Å². The first-order valence-electron chi connectivity index (χ1n) is 8.69. The van der Waals surface area contributed by atoms with E-state index in [0.29, 0.717) is 11.4 Å². The number of anilines is 1. The lowest BCUT2D eigenvalue weighted by atomic mass is 9.95. The number of benzene rings is 1. The average molecular weight is 386 g/mol. The molecule has 1 atom stereocenters. The fourth-order valence-corrected chi connectivity index (χ4v) is 3.14. The smallest absolute Gasteiger partial charge is 0.406 e. The molecule has 1 saturated heterocycles. The lowest BCUT2D eigenvalue weighted by Crippen LogP contribution is -2.46. The Morgan fingerprint density at radius 3 is 2.26 bits per heavy atom. The lowest BCUT2D eigenvalue weighted by molar-refractivity contribution is -0.165. The van der Waals surface area contributed by atoms with E-state index in [0.717, 1.165) is 4.90 Å². The molecule has 0 spiro atoms. The van der Waals surface area contributed by atoms with Crippen LogP contribution in [0, 0.1) is 11.3 Å². The summed E-state index contributed by atoms with van der Waals surface area (Å²) in [6.07, 6.45) is -4.58. The fourth-order valence-electron chi connectivity index (χ4n) is 3.14. The molecule has 1 aromatic carbocycles. The number of halogens is 3. The number of carbonyl (C=O) groups excluding carboxylic acids is 2. The van der Waals surface area contributed by atoms with Crippen LogP contribution in [0.3, 0.4) is 0 Å². The third kappa shape index (κ3) is 5.87. The van der Waals surface area contributed by atoms with Crippen LogP contribution in [0.15, 0.2) is 24.3 Å². The SMILES string of the molecule is COc1ccc(N2CC(C(=O)N(CC(C)(C)C)CC(F)(F)F)CC2=O)cc1. The molecule has 1 aliphatic heterocycles. The molecule has 0 aliphatic carbocycles. The third-order valence-electron chi connectivity index (χ3n) is 4.21. The molecule has 0 N–H and O–H groups in total. The maximum absolute atomic E-state index is 12.9. The van der Waals surface area contributed by atoms with Gasteiger partial charge in [-0.15, -0.1) is 0 Å². The second-order valence-corrected chi connectivity index (χ2v) is 7.97. The van der Waals surface area contributed by atoms with Crippen LogP contribution in [0.5, 0.6) is 5.75 Å². The van der Waals surface area contributed by atoms with E-state index in [1.54, 1.807) is 45.0 Å². The van der Waals surface area contributed by atoms with Gasteiger partial charge in [0.05, 0.1) is 13.0 Å². The van der Waals surface area contributed by atoms with Crippen LogP contribution >= 0.6 is 0 Å². The summed E-state index contributed by atoms with van der Waals surface area (Å²) in [5.41, 5.74) is 0.105. The second-order valence-electron chi connectivity index (χ2n) is 7.97. The van der Waals surface area contributed by atoms with Crippen molar-refractivity contribution in [3.05, 3.63) is 24.3 Å². The monoisotopic (exact) mass is 386 g/mol. The number of methoxy groups -OCH3 is 1. The average Bonchev–Trinajstić information content (AvgIpc) is 2.93. The van der Waals surface area contributed by atoms with E-state index in [9.17, 15) is 22.8 Å². The van der Waals surface area contributed by atoms with Crippen LogP contribution in [0.2, 0.25) is 0 Å². The first-order valence-corrected chi connectivity index (χ1v) is 8.69. The van der Waals surface area contributed by atoms with Crippen molar-refractivity contribution in [3.8, 4) is 5.75 Å². The van der Waals surface area contributed by atoms with Crippen molar-refractivity contribution in [1.29, 1.82) is 0 Å². The molecule has 8 heteroatoms. The molecular formula is C19H25F3N2O3. The van der Waals surface area contributed by atoms with Crippen LogP contribution in [-0.4, -0.2) is 49.6 Å². The Labute approximate surface area is 157 Å². The van der Waals surface area contributed by atoms with Crippen molar-refractivity contribution < 1.29 is 27.5 Å². The normalized spacial score (nSPS) is 18.0. The number of hydrogen-bond acceptors (Lipinski definition) is 3. The Bertz CT molecular complexity index is 665. The summed E-state index contributed by atoms with van der Waals surface area (Å²) >= 11 is 0. The minimum atomic E-state index is -4.49. The Morgan fingerprint density at radius 2 is 1.78 bits per heavy atom. The molecule has 1 fully saturated rings. The Morgan fingerprint density at radius 1 is 1.19 bits per heavy atom. The van der Waals surface area contributed by atoms with Gasteiger partial charge >= 0.3 is 6.18 Å². The highest BCUT2D eigenvalue weighted by Gasteiger charge is 2.41. The van der Waals surface area contributed by atoms with Crippen molar-refractivity contribution in [1.82, 2.24) is 4.90 Å². The first-order chi connectivity index (χ1) is 12.4. The van der Waals surface area contributed by atoms with Gasteiger partial charge in [0.1, 0.15) is 12.3 Å². The highest BCUT2D eigenvalue weighted by atomic mass is 19.4.